The first-order valence-corrected chi connectivity index (χ1v) is 8.52. The molecular weight excluding hydrogens is 312 g/mol. The zero-order chi connectivity index (χ0) is 15.5. The summed E-state index contributed by atoms with van der Waals surface area (Å²) in [6.07, 6.45) is 0.717. The molecule has 114 valence electrons. The molecule has 0 saturated carbocycles. The Labute approximate surface area is 129 Å². The minimum absolute atomic E-state index is 0.160. The summed E-state index contributed by atoms with van der Waals surface area (Å²) in [6.45, 7) is 3.69. The van der Waals surface area contributed by atoms with Crippen molar-refractivity contribution in [2.24, 2.45) is 0 Å². The normalized spacial score (nSPS) is 11.8. The van der Waals surface area contributed by atoms with Gasteiger partial charge in [-0.05, 0) is 38.0 Å². The van der Waals surface area contributed by atoms with Crippen LogP contribution in [0.1, 0.15) is 22.6 Å². The maximum atomic E-state index is 12.2. The lowest BCUT2D eigenvalue weighted by Gasteiger charge is -2.07. The SMILES string of the molecule is Cc1noc(C)c1CNS(=O)(=O)c1ccc(CCCl)cc1. The van der Waals surface area contributed by atoms with Gasteiger partial charge in [-0.15, -0.1) is 11.6 Å². The second kappa shape index (κ2) is 6.60. The standard InChI is InChI=1S/C14H17ClN2O3S/c1-10-14(11(2)20-17-10)9-16-21(18,19)13-5-3-12(4-6-13)7-8-15/h3-6,16H,7-9H2,1-2H3. The molecule has 1 aromatic carbocycles. The van der Waals surface area contributed by atoms with E-state index in [1.165, 1.54) is 0 Å². The van der Waals surface area contributed by atoms with E-state index in [1.54, 1.807) is 38.1 Å². The first-order valence-electron chi connectivity index (χ1n) is 6.50. The number of aryl methyl sites for hydroxylation is 3. The molecule has 1 heterocycles. The maximum Gasteiger partial charge on any atom is 0.240 e. The number of halogens is 1. The zero-order valence-electron chi connectivity index (χ0n) is 11.9. The van der Waals surface area contributed by atoms with Crippen molar-refractivity contribution in [2.45, 2.75) is 31.7 Å². The Hall–Kier alpha value is -1.37. The van der Waals surface area contributed by atoms with Crippen LogP contribution in [0.25, 0.3) is 0 Å². The van der Waals surface area contributed by atoms with Gasteiger partial charge in [0.1, 0.15) is 5.76 Å². The molecule has 0 aliphatic rings. The van der Waals surface area contributed by atoms with Crippen LogP contribution in [-0.2, 0) is 23.0 Å². The fourth-order valence-corrected chi connectivity index (χ4v) is 3.16. The number of rotatable bonds is 6. The molecule has 0 bridgehead atoms. The summed E-state index contributed by atoms with van der Waals surface area (Å²) in [7, 11) is -3.55. The minimum atomic E-state index is -3.55. The van der Waals surface area contributed by atoms with Crippen LogP contribution in [0.15, 0.2) is 33.7 Å². The number of alkyl halides is 1. The Morgan fingerprint density at radius 1 is 1.24 bits per heavy atom. The predicted molar refractivity (Wildman–Crippen MR) is 80.9 cm³/mol. The number of hydrogen-bond donors (Lipinski definition) is 1. The summed E-state index contributed by atoms with van der Waals surface area (Å²) in [5, 5.41) is 3.80. The van der Waals surface area contributed by atoms with Gasteiger partial charge in [0.25, 0.3) is 0 Å². The van der Waals surface area contributed by atoms with E-state index in [0.29, 0.717) is 23.8 Å². The average Bonchev–Trinajstić information content (AvgIpc) is 2.77. The van der Waals surface area contributed by atoms with Gasteiger partial charge in [0, 0.05) is 18.0 Å². The first kappa shape index (κ1) is 16.0. The summed E-state index contributed by atoms with van der Waals surface area (Å²) in [6, 6.07) is 6.70. The molecule has 7 heteroatoms. The lowest BCUT2D eigenvalue weighted by atomic mass is 10.2. The Balaban J connectivity index is 2.11. The molecule has 21 heavy (non-hydrogen) atoms. The fourth-order valence-electron chi connectivity index (χ4n) is 1.95. The third-order valence-corrected chi connectivity index (χ3v) is 4.84. The molecule has 2 aromatic rings. The average molecular weight is 329 g/mol. The number of nitrogens with zero attached hydrogens (tertiary/aromatic N) is 1. The van der Waals surface area contributed by atoms with Crippen LogP contribution in [-0.4, -0.2) is 19.5 Å². The molecule has 1 aromatic heterocycles. The monoisotopic (exact) mass is 328 g/mol. The molecule has 0 unspecified atom stereocenters. The van der Waals surface area contributed by atoms with Crippen LogP contribution in [0.3, 0.4) is 0 Å². The summed E-state index contributed by atoms with van der Waals surface area (Å²) >= 11 is 5.66. The van der Waals surface area contributed by atoms with Crippen molar-refractivity contribution in [1.82, 2.24) is 9.88 Å². The maximum absolute atomic E-state index is 12.2. The van der Waals surface area contributed by atoms with Crippen LogP contribution >= 0.6 is 11.6 Å². The van der Waals surface area contributed by atoms with Gasteiger partial charge in [0.05, 0.1) is 10.6 Å². The van der Waals surface area contributed by atoms with Gasteiger partial charge in [0.2, 0.25) is 10.0 Å². The number of aromatic nitrogens is 1. The Morgan fingerprint density at radius 2 is 1.90 bits per heavy atom. The summed E-state index contributed by atoms with van der Waals surface area (Å²) in [4.78, 5) is 0.229. The van der Waals surface area contributed by atoms with Crippen molar-refractivity contribution >= 4 is 21.6 Å². The predicted octanol–water partition coefficient (Wildman–Crippen LogP) is 2.55. The van der Waals surface area contributed by atoms with Crippen molar-refractivity contribution in [3.8, 4) is 0 Å². The number of sulfonamides is 1. The van der Waals surface area contributed by atoms with Gasteiger partial charge in [-0.1, -0.05) is 17.3 Å². The van der Waals surface area contributed by atoms with Crippen molar-refractivity contribution in [3.63, 3.8) is 0 Å². The Morgan fingerprint density at radius 3 is 2.43 bits per heavy atom. The molecule has 0 fully saturated rings. The van der Waals surface area contributed by atoms with E-state index < -0.39 is 10.0 Å². The minimum Gasteiger partial charge on any atom is -0.361 e. The smallest absolute Gasteiger partial charge is 0.240 e. The van der Waals surface area contributed by atoms with Gasteiger partial charge in [-0.3, -0.25) is 0 Å². The highest BCUT2D eigenvalue weighted by molar-refractivity contribution is 7.89. The van der Waals surface area contributed by atoms with Gasteiger partial charge in [0.15, 0.2) is 0 Å². The van der Waals surface area contributed by atoms with E-state index in [4.69, 9.17) is 16.1 Å². The first-order chi connectivity index (χ1) is 9.94. The van der Waals surface area contributed by atoms with Crippen molar-refractivity contribution < 1.29 is 12.9 Å². The second-order valence-corrected chi connectivity index (χ2v) is 6.86. The molecular formula is C14H17ClN2O3S. The Kier molecular flexibility index (Phi) is 5.03. The van der Waals surface area contributed by atoms with Gasteiger partial charge in [-0.25, -0.2) is 13.1 Å². The number of hydrogen-bond acceptors (Lipinski definition) is 4. The molecule has 0 saturated heterocycles. The highest BCUT2D eigenvalue weighted by Gasteiger charge is 2.16. The summed E-state index contributed by atoms with van der Waals surface area (Å²) < 4.78 is 32.0. The molecule has 0 amide bonds. The van der Waals surface area contributed by atoms with Crippen LogP contribution in [0, 0.1) is 13.8 Å². The van der Waals surface area contributed by atoms with Crippen LogP contribution in [0.2, 0.25) is 0 Å². The van der Waals surface area contributed by atoms with E-state index >= 15 is 0 Å². The molecule has 0 radical (unpaired) electrons. The number of benzene rings is 1. The third kappa shape index (κ3) is 3.84. The molecule has 2 rings (SSSR count). The lowest BCUT2D eigenvalue weighted by Crippen LogP contribution is -2.23. The van der Waals surface area contributed by atoms with Crippen LogP contribution in [0.5, 0.6) is 0 Å². The lowest BCUT2D eigenvalue weighted by molar-refractivity contribution is 0.392. The zero-order valence-corrected chi connectivity index (χ0v) is 13.5. The largest absolute Gasteiger partial charge is 0.361 e. The highest BCUT2D eigenvalue weighted by Crippen LogP contribution is 2.15. The molecule has 5 nitrogen and oxygen atoms in total. The van der Waals surface area contributed by atoms with E-state index in [2.05, 4.69) is 9.88 Å². The van der Waals surface area contributed by atoms with Crippen molar-refractivity contribution in [3.05, 3.63) is 46.8 Å². The molecule has 1 N–H and O–H groups in total. The van der Waals surface area contributed by atoms with Gasteiger partial charge >= 0.3 is 0 Å². The van der Waals surface area contributed by atoms with E-state index in [1.807, 2.05) is 0 Å². The van der Waals surface area contributed by atoms with Crippen LogP contribution in [0.4, 0.5) is 0 Å². The topological polar surface area (TPSA) is 72.2 Å². The molecule has 0 spiro atoms. The third-order valence-electron chi connectivity index (χ3n) is 3.24. The van der Waals surface area contributed by atoms with Crippen LogP contribution < -0.4 is 4.72 Å². The second-order valence-electron chi connectivity index (χ2n) is 4.71. The Bertz CT molecular complexity index is 689. The van der Waals surface area contributed by atoms with Crippen molar-refractivity contribution in [2.75, 3.05) is 5.88 Å². The van der Waals surface area contributed by atoms with Gasteiger partial charge < -0.3 is 4.52 Å². The molecule has 0 atom stereocenters. The number of nitrogens with one attached hydrogen (secondary N) is 1. The summed E-state index contributed by atoms with van der Waals surface area (Å²) in [5.74, 6) is 1.13. The van der Waals surface area contributed by atoms with Crippen molar-refractivity contribution in [1.29, 1.82) is 0 Å². The van der Waals surface area contributed by atoms with E-state index in [0.717, 1.165) is 11.1 Å². The highest BCUT2D eigenvalue weighted by atomic mass is 35.5. The molecule has 0 aliphatic heterocycles. The van der Waals surface area contributed by atoms with E-state index in [-0.39, 0.29) is 11.4 Å². The fraction of sp³-hybridized carbons (Fsp3) is 0.357. The molecule has 0 aliphatic carbocycles. The van der Waals surface area contributed by atoms with Gasteiger partial charge in [-0.2, -0.15) is 0 Å². The quantitative estimate of drug-likeness (QED) is 0.827. The van der Waals surface area contributed by atoms with E-state index in [9.17, 15) is 8.42 Å². The summed E-state index contributed by atoms with van der Waals surface area (Å²) in [5.41, 5.74) is 2.46.